The maximum Gasteiger partial charge on any atom is 0.331 e. The van der Waals surface area contributed by atoms with Crippen LogP contribution in [0.3, 0.4) is 0 Å². The predicted octanol–water partition coefficient (Wildman–Crippen LogP) is 1.94. The van der Waals surface area contributed by atoms with Gasteiger partial charge in [0.05, 0.1) is 0 Å². The fourth-order valence-corrected chi connectivity index (χ4v) is 1.61. The molecule has 0 spiro atoms. The number of carbonyl (C=O) groups is 2. The minimum Gasteiger partial charge on any atom is -0.478 e. The van der Waals surface area contributed by atoms with Crippen LogP contribution in [0.4, 0.5) is 0 Å². The van der Waals surface area contributed by atoms with E-state index >= 15 is 0 Å². The van der Waals surface area contributed by atoms with Crippen molar-refractivity contribution in [3.05, 3.63) is 23.3 Å². The van der Waals surface area contributed by atoms with Gasteiger partial charge < -0.3 is 5.11 Å². The summed E-state index contributed by atoms with van der Waals surface area (Å²) >= 11 is 0. The van der Waals surface area contributed by atoms with Gasteiger partial charge in [-0.25, -0.2) is 4.79 Å². The number of ketones is 1. The summed E-state index contributed by atoms with van der Waals surface area (Å²) in [5.41, 5.74) is 1.52. The van der Waals surface area contributed by atoms with Crippen LogP contribution in [0.1, 0.15) is 26.7 Å². The molecule has 0 heterocycles. The van der Waals surface area contributed by atoms with Crippen LogP contribution in [0.5, 0.6) is 0 Å². The standard InChI is InChI=1S/C11H14O3/c1-6(2)8-4-9(11(13)14)7(3)10(12)5-8/h8H,1,4-5H2,2-3H3,(H,13,14). The summed E-state index contributed by atoms with van der Waals surface area (Å²) in [5.74, 6) is -1.05. The lowest BCUT2D eigenvalue weighted by Crippen LogP contribution is -2.22. The normalized spacial score (nSPS) is 22.4. The minimum absolute atomic E-state index is 0.00250. The molecule has 1 aliphatic carbocycles. The summed E-state index contributed by atoms with van der Waals surface area (Å²) < 4.78 is 0. The average molecular weight is 194 g/mol. The monoisotopic (exact) mass is 194 g/mol. The van der Waals surface area contributed by atoms with Crippen molar-refractivity contribution in [2.24, 2.45) is 5.92 Å². The maximum atomic E-state index is 11.5. The van der Waals surface area contributed by atoms with Crippen molar-refractivity contribution in [3.63, 3.8) is 0 Å². The lowest BCUT2D eigenvalue weighted by atomic mass is 9.80. The summed E-state index contributed by atoms with van der Waals surface area (Å²) in [5, 5.41) is 8.89. The number of carbonyl (C=O) groups excluding carboxylic acids is 1. The van der Waals surface area contributed by atoms with Gasteiger partial charge in [-0.1, -0.05) is 12.2 Å². The summed E-state index contributed by atoms with van der Waals surface area (Å²) in [6.45, 7) is 7.18. The largest absolute Gasteiger partial charge is 0.478 e. The van der Waals surface area contributed by atoms with Crippen molar-refractivity contribution >= 4 is 11.8 Å². The molecular formula is C11H14O3. The molecule has 0 saturated carbocycles. The molecule has 0 aromatic carbocycles. The molecule has 1 rings (SSSR count). The summed E-state index contributed by atoms with van der Waals surface area (Å²) in [4.78, 5) is 22.3. The molecule has 0 bridgehead atoms. The Morgan fingerprint density at radius 2 is 2.07 bits per heavy atom. The molecule has 0 radical (unpaired) electrons. The first-order valence-electron chi connectivity index (χ1n) is 4.55. The highest BCUT2D eigenvalue weighted by Gasteiger charge is 2.28. The Balaban J connectivity index is 3.02. The van der Waals surface area contributed by atoms with Gasteiger partial charge in [0.15, 0.2) is 5.78 Å². The Bertz CT molecular complexity index is 336. The molecule has 1 aliphatic rings. The van der Waals surface area contributed by atoms with E-state index in [9.17, 15) is 9.59 Å². The second-order valence-electron chi connectivity index (χ2n) is 3.78. The van der Waals surface area contributed by atoms with E-state index in [1.54, 1.807) is 6.92 Å². The van der Waals surface area contributed by atoms with Gasteiger partial charge in [0, 0.05) is 17.6 Å². The van der Waals surface area contributed by atoms with Crippen LogP contribution < -0.4 is 0 Å². The number of Topliss-reactive ketones (excluding diaryl/α,β-unsaturated/α-hetero) is 1. The average Bonchev–Trinajstić information content (AvgIpc) is 2.08. The number of hydrogen-bond donors (Lipinski definition) is 1. The van der Waals surface area contributed by atoms with E-state index in [0.29, 0.717) is 18.4 Å². The van der Waals surface area contributed by atoms with Gasteiger partial charge in [-0.05, 0) is 26.2 Å². The lowest BCUT2D eigenvalue weighted by molar-refractivity contribution is -0.133. The van der Waals surface area contributed by atoms with Crippen molar-refractivity contribution < 1.29 is 14.7 Å². The van der Waals surface area contributed by atoms with Crippen molar-refractivity contribution in [1.29, 1.82) is 0 Å². The van der Waals surface area contributed by atoms with E-state index < -0.39 is 5.97 Å². The van der Waals surface area contributed by atoms with Gasteiger partial charge in [-0.3, -0.25) is 4.79 Å². The van der Waals surface area contributed by atoms with Gasteiger partial charge in [-0.2, -0.15) is 0 Å². The number of aliphatic carboxylic acids is 1. The third kappa shape index (κ3) is 1.92. The molecule has 0 aromatic heterocycles. The van der Waals surface area contributed by atoms with E-state index in [1.807, 2.05) is 6.92 Å². The fraction of sp³-hybridized carbons (Fsp3) is 0.455. The van der Waals surface area contributed by atoms with Crippen molar-refractivity contribution in [3.8, 4) is 0 Å². The second-order valence-corrected chi connectivity index (χ2v) is 3.78. The van der Waals surface area contributed by atoms with Crippen LogP contribution >= 0.6 is 0 Å². The summed E-state index contributed by atoms with van der Waals surface area (Å²) in [6.07, 6.45) is 0.834. The van der Waals surface area contributed by atoms with Crippen molar-refractivity contribution in [1.82, 2.24) is 0 Å². The van der Waals surface area contributed by atoms with Gasteiger partial charge in [0.25, 0.3) is 0 Å². The molecule has 1 N–H and O–H groups in total. The first kappa shape index (κ1) is 10.7. The second kappa shape index (κ2) is 3.78. The molecule has 14 heavy (non-hydrogen) atoms. The van der Waals surface area contributed by atoms with Crippen LogP contribution in [0.2, 0.25) is 0 Å². The van der Waals surface area contributed by atoms with Crippen LogP contribution in [0, 0.1) is 5.92 Å². The molecule has 1 atom stereocenters. The van der Waals surface area contributed by atoms with E-state index in [4.69, 9.17) is 5.11 Å². The molecular weight excluding hydrogens is 180 g/mol. The number of rotatable bonds is 2. The quantitative estimate of drug-likeness (QED) is 0.683. The first-order valence-corrected chi connectivity index (χ1v) is 4.55. The summed E-state index contributed by atoms with van der Waals surface area (Å²) in [7, 11) is 0. The van der Waals surface area contributed by atoms with Gasteiger partial charge in [0.2, 0.25) is 0 Å². The highest BCUT2D eigenvalue weighted by molar-refractivity contribution is 6.04. The van der Waals surface area contributed by atoms with E-state index in [0.717, 1.165) is 5.57 Å². The van der Waals surface area contributed by atoms with E-state index in [2.05, 4.69) is 6.58 Å². The van der Waals surface area contributed by atoms with Crippen LogP contribution in [-0.2, 0) is 9.59 Å². The highest BCUT2D eigenvalue weighted by atomic mass is 16.4. The molecule has 3 heteroatoms. The molecule has 76 valence electrons. The number of hydrogen-bond acceptors (Lipinski definition) is 2. The van der Waals surface area contributed by atoms with Crippen molar-refractivity contribution in [2.75, 3.05) is 0 Å². The number of allylic oxidation sites excluding steroid dienone is 2. The smallest absolute Gasteiger partial charge is 0.331 e. The van der Waals surface area contributed by atoms with Gasteiger partial charge in [-0.15, -0.1) is 0 Å². The number of carboxylic acids is 1. The highest BCUT2D eigenvalue weighted by Crippen LogP contribution is 2.30. The molecule has 0 fully saturated rings. The Hall–Kier alpha value is -1.38. The van der Waals surface area contributed by atoms with Gasteiger partial charge in [0.1, 0.15) is 0 Å². The first-order chi connectivity index (χ1) is 6.43. The number of carboxylic acid groups (broad SMARTS) is 1. The molecule has 0 aromatic rings. The fourth-order valence-electron chi connectivity index (χ4n) is 1.61. The zero-order valence-corrected chi connectivity index (χ0v) is 8.46. The Kier molecular flexibility index (Phi) is 2.89. The Labute approximate surface area is 83.1 Å². The molecule has 0 saturated heterocycles. The molecule has 0 amide bonds. The Morgan fingerprint density at radius 1 is 1.50 bits per heavy atom. The third-order valence-electron chi connectivity index (χ3n) is 2.71. The molecule has 0 aliphatic heterocycles. The van der Waals surface area contributed by atoms with Crippen LogP contribution in [0.25, 0.3) is 0 Å². The van der Waals surface area contributed by atoms with E-state index in [1.165, 1.54) is 0 Å². The van der Waals surface area contributed by atoms with Gasteiger partial charge >= 0.3 is 5.97 Å². The molecule has 3 nitrogen and oxygen atoms in total. The Morgan fingerprint density at radius 3 is 2.50 bits per heavy atom. The van der Waals surface area contributed by atoms with Crippen molar-refractivity contribution in [2.45, 2.75) is 26.7 Å². The SMILES string of the molecule is C=C(C)C1CC(=O)C(C)=C(C(=O)O)C1. The zero-order valence-electron chi connectivity index (χ0n) is 8.46. The molecule has 1 unspecified atom stereocenters. The summed E-state index contributed by atoms with van der Waals surface area (Å²) in [6, 6.07) is 0. The third-order valence-corrected chi connectivity index (χ3v) is 2.71. The minimum atomic E-state index is -0.984. The lowest BCUT2D eigenvalue weighted by Gasteiger charge is -2.23. The topological polar surface area (TPSA) is 54.4 Å². The van der Waals surface area contributed by atoms with E-state index in [-0.39, 0.29) is 17.3 Å². The predicted molar refractivity (Wildman–Crippen MR) is 52.9 cm³/mol. The zero-order chi connectivity index (χ0) is 10.9. The van der Waals surface area contributed by atoms with Crippen LogP contribution in [-0.4, -0.2) is 16.9 Å². The van der Waals surface area contributed by atoms with Crippen LogP contribution in [0.15, 0.2) is 23.3 Å². The maximum absolute atomic E-state index is 11.5.